The van der Waals surface area contributed by atoms with E-state index in [9.17, 15) is 0 Å². The summed E-state index contributed by atoms with van der Waals surface area (Å²) in [4.78, 5) is 14.6. The van der Waals surface area contributed by atoms with Gasteiger partial charge in [-0.2, -0.15) is 5.10 Å². The van der Waals surface area contributed by atoms with Crippen LogP contribution in [0.3, 0.4) is 0 Å². The first kappa shape index (κ1) is 20.4. The summed E-state index contributed by atoms with van der Waals surface area (Å²) in [5, 5.41) is 4.46. The first-order chi connectivity index (χ1) is 16.3. The number of piperidine rings is 2. The van der Waals surface area contributed by atoms with Crippen LogP contribution in [0.2, 0.25) is 0 Å². The van der Waals surface area contributed by atoms with Crippen LogP contribution in [0.1, 0.15) is 31.2 Å². The molecule has 33 heavy (non-hydrogen) atoms. The lowest BCUT2D eigenvalue weighted by Crippen LogP contribution is -2.49. The van der Waals surface area contributed by atoms with E-state index in [0.29, 0.717) is 5.41 Å². The number of fused-ring (bicyclic) bond motifs is 1. The van der Waals surface area contributed by atoms with Gasteiger partial charge in [-0.1, -0.05) is 30.3 Å². The smallest absolute Gasteiger partial charge is 0.147 e. The third-order valence-electron chi connectivity index (χ3n) is 7.46. The van der Waals surface area contributed by atoms with Crippen LogP contribution in [-0.2, 0) is 6.54 Å². The molecular weight excluding hydrogens is 408 g/mol. The van der Waals surface area contributed by atoms with Crippen molar-refractivity contribution >= 4 is 16.9 Å². The Bertz CT molecular complexity index is 1230. The maximum atomic E-state index is 4.88. The van der Waals surface area contributed by atoms with E-state index in [1.807, 2.05) is 47.5 Å². The molecule has 1 spiro atoms. The molecule has 0 unspecified atom stereocenters. The zero-order valence-corrected chi connectivity index (χ0v) is 19.0. The maximum absolute atomic E-state index is 4.88. The van der Waals surface area contributed by atoms with E-state index in [4.69, 9.17) is 4.98 Å². The molecule has 0 aliphatic carbocycles. The quantitative estimate of drug-likeness (QED) is 0.462. The van der Waals surface area contributed by atoms with Gasteiger partial charge in [0, 0.05) is 38.6 Å². The Hall–Kier alpha value is -3.25. The molecule has 4 heterocycles. The van der Waals surface area contributed by atoms with Gasteiger partial charge < -0.3 is 4.90 Å². The summed E-state index contributed by atoms with van der Waals surface area (Å²) in [6.45, 7) is 5.46. The predicted octanol–water partition coefficient (Wildman–Crippen LogP) is 4.70. The molecule has 2 fully saturated rings. The molecular formula is C27H30N6. The molecule has 0 saturated carbocycles. The zero-order valence-electron chi connectivity index (χ0n) is 19.0. The van der Waals surface area contributed by atoms with E-state index in [1.54, 1.807) is 0 Å². The van der Waals surface area contributed by atoms with Gasteiger partial charge in [-0.3, -0.25) is 9.88 Å². The van der Waals surface area contributed by atoms with E-state index < -0.39 is 0 Å². The van der Waals surface area contributed by atoms with E-state index >= 15 is 0 Å². The van der Waals surface area contributed by atoms with Gasteiger partial charge in [0.05, 0.1) is 22.9 Å². The van der Waals surface area contributed by atoms with Gasteiger partial charge in [0.25, 0.3) is 0 Å². The number of anilines is 1. The minimum Gasteiger partial charge on any atom is -0.355 e. The topological polar surface area (TPSA) is 50.1 Å². The van der Waals surface area contributed by atoms with Gasteiger partial charge in [0.2, 0.25) is 0 Å². The fourth-order valence-electron chi connectivity index (χ4n) is 5.68. The van der Waals surface area contributed by atoms with Crippen molar-refractivity contribution in [2.24, 2.45) is 5.41 Å². The number of benzene rings is 2. The van der Waals surface area contributed by atoms with Gasteiger partial charge in [-0.05, 0) is 67.5 Å². The zero-order chi connectivity index (χ0) is 22.1. The predicted molar refractivity (Wildman–Crippen MR) is 131 cm³/mol. The number of nitrogens with zero attached hydrogens (tertiary/aromatic N) is 6. The van der Waals surface area contributed by atoms with Crippen molar-refractivity contribution in [3.8, 4) is 5.69 Å². The van der Waals surface area contributed by atoms with Crippen LogP contribution in [-0.4, -0.2) is 50.8 Å². The Morgan fingerprint density at radius 3 is 2.52 bits per heavy atom. The van der Waals surface area contributed by atoms with Crippen molar-refractivity contribution in [1.29, 1.82) is 0 Å². The molecule has 4 aromatic rings. The minimum absolute atomic E-state index is 0.416. The molecule has 0 amide bonds. The van der Waals surface area contributed by atoms with Crippen molar-refractivity contribution in [2.75, 3.05) is 31.1 Å². The second kappa shape index (κ2) is 8.60. The summed E-state index contributed by atoms with van der Waals surface area (Å²) in [7, 11) is 0. The summed E-state index contributed by atoms with van der Waals surface area (Å²) in [5.41, 5.74) is 4.90. The molecule has 0 atom stereocenters. The van der Waals surface area contributed by atoms with Crippen molar-refractivity contribution in [1.82, 2.24) is 24.6 Å². The Morgan fingerprint density at radius 2 is 1.67 bits per heavy atom. The van der Waals surface area contributed by atoms with Crippen molar-refractivity contribution in [3.63, 3.8) is 0 Å². The van der Waals surface area contributed by atoms with E-state index in [0.717, 1.165) is 36.5 Å². The van der Waals surface area contributed by atoms with E-state index in [1.165, 1.54) is 50.0 Å². The van der Waals surface area contributed by atoms with Crippen LogP contribution in [0.5, 0.6) is 0 Å². The van der Waals surface area contributed by atoms with Crippen LogP contribution in [0.25, 0.3) is 16.7 Å². The number of likely N-dealkylation sites (tertiary alicyclic amines) is 1. The molecule has 6 nitrogen and oxygen atoms in total. The summed E-state index contributed by atoms with van der Waals surface area (Å²) < 4.78 is 1.98. The second-order valence-electron chi connectivity index (χ2n) is 9.60. The molecule has 0 radical (unpaired) electrons. The van der Waals surface area contributed by atoms with Gasteiger partial charge in [0.1, 0.15) is 5.82 Å². The Kier molecular flexibility index (Phi) is 5.30. The largest absolute Gasteiger partial charge is 0.355 e. The van der Waals surface area contributed by atoms with E-state index in [2.05, 4.69) is 50.2 Å². The molecule has 0 N–H and O–H groups in total. The number of hydrogen-bond donors (Lipinski definition) is 0. The number of aromatic nitrogens is 4. The monoisotopic (exact) mass is 438 g/mol. The lowest BCUT2D eigenvalue weighted by molar-refractivity contribution is 0.0604. The van der Waals surface area contributed by atoms with Crippen molar-refractivity contribution in [2.45, 2.75) is 32.2 Å². The Morgan fingerprint density at radius 1 is 0.848 bits per heavy atom. The minimum atomic E-state index is 0.416. The van der Waals surface area contributed by atoms with Gasteiger partial charge in [-0.15, -0.1) is 0 Å². The van der Waals surface area contributed by atoms with Gasteiger partial charge in [-0.25, -0.2) is 9.67 Å². The van der Waals surface area contributed by atoms with E-state index in [-0.39, 0.29) is 0 Å². The molecule has 2 saturated heterocycles. The SMILES string of the molecule is c1ccc(-n2cccn2)c(CN2CCCC3(CCN(c4cnc5ccccc5n4)CC3)C2)c1. The molecule has 2 aromatic heterocycles. The Labute approximate surface area is 194 Å². The number of hydrogen-bond acceptors (Lipinski definition) is 5. The average Bonchev–Trinajstić information content (AvgIpc) is 3.40. The third kappa shape index (κ3) is 4.11. The third-order valence-corrected chi connectivity index (χ3v) is 7.46. The molecule has 2 aliphatic rings. The second-order valence-corrected chi connectivity index (χ2v) is 9.60. The molecule has 2 aliphatic heterocycles. The maximum Gasteiger partial charge on any atom is 0.147 e. The van der Waals surface area contributed by atoms with Crippen LogP contribution in [0.4, 0.5) is 5.82 Å². The molecule has 168 valence electrons. The van der Waals surface area contributed by atoms with Crippen molar-refractivity contribution < 1.29 is 0 Å². The summed E-state index contributed by atoms with van der Waals surface area (Å²) in [5.74, 6) is 1.02. The lowest BCUT2D eigenvalue weighted by Gasteiger charge is -2.48. The highest BCUT2D eigenvalue weighted by atomic mass is 15.3. The molecule has 0 bridgehead atoms. The first-order valence-corrected chi connectivity index (χ1v) is 12.1. The molecule has 2 aromatic carbocycles. The summed E-state index contributed by atoms with van der Waals surface area (Å²) in [6.07, 6.45) is 10.9. The summed E-state index contributed by atoms with van der Waals surface area (Å²) >= 11 is 0. The van der Waals surface area contributed by atoms with Crippen LogP contribution >= 0.6 is 0 Å². The van der Waals surface area contributed by atoms with Gasteiger partial charge in [0.15, 0.2) is 0 Å². The normalized spacial score (nSPS) is 18.7. The summed E-state index contributed by atoms with van der Waals surface area (Å²) in [6, 6.07) is 18.8. The first-order valence-electron chi connectivity index (χ1n) is 12.1. The fourth-order valence-corrected chi connectivity index (χ4v) is 5.68. The number of rotatable bonds is 4. The standard InChI is InChI=1S/C27H30N6/c1-4-10-25(33-16-6-14-29-33)22(7-1)20-31-15-5-11-27(21-31)12-17-32(18-13-27)26-19-28-23-8-2-3-9-24(23)30-26/h1-4,6-10,14,16,19H,5,11-13,15,17-18,20-21H2. The lowest BCUT2D eigenvalue weighted by atomic mass is 9.72. The van der Waals surface area contributed by atoms with Gasteiger partial charge >= 0.3 is 0 Å². The number of para-hydroxylation sites is 3. The van der Waals surface area contributed by atoms with Crippen LogP contribution < -0.4 is 4.90 Å². The Balaban J connectivity index is 1.14. The highest BCUT2D eigenvalue weighted by Crippen LogP contribution is 2.41. The fraction of sp³-hybridized carbons (Fsp3) is 0.370. The van der Waals surface area contributed by atoms with Crippen LogP contribution in [0.15, 0.2) is 73.2 Å². The van der Waals surface area contributed by atoms with Crippen LogP contribution in [0, 0.1) is 5.41 Å². The molecule has 6 rings (SSSR count). The van der Waals surface area contributed by atoms with Crippen molar-refractivity contribution in [3.05, 3.63) is 78.8 Å². The highest BCUT2D eigenvalue weighted by molar-refractivity contribution is 5.75. The highest BCUT2D eigenvalue weighted by Gasteiger charge is 2.38. The molecule has 6 heteroatoms. The average molecular weight is 439 g/mol.